The van der Waals surface area contributed by atoms with Gasteiger partial charge >= 0.3 is 0 Å². The van der Waals surface area contributed by atoms with E-state index >= 15 is 0 Å². The third-order valence-electron chi connectivity index (χ3n) is 5.54. The molecule has 0 saturated heterocycles. The first-order chi connectivity index (χ1) is 13.2. The molecule has 1 aliphatic heterocycles. The minimum Gasteiger partial charge on any atom is -0.486 e. The van der Waals surface area contributed by atoms with Gasteiger partial charge < -0.3 is 25.2 Å². The Hall–Kier alpha value is -1.22. The molecule has 1 aliphatic carbocycles. The second kappa shape index (κ2) is 11.7. The molecule has 1 heterocycles. The van der Waals surface area contributed by atoms with E-state index in [-0.39, 0.29) is 42.1 Å². The Morgan fingerprint density at radius 1 is 1.18 bits per heavy atom. The summed E-state index contributed by atoms with van der Waals surface area (Å²) >= 11 is 0. The summed E-state index contributed by atoms with van der Waals surface area (Å²) in [5.74, 6) is 2.40. The first kappa shape index (κ1) is 23.1. The van der Waals surface area contributed by atoms with E-state index in [0.29, 0.717) is 13.2 Å². The number of halogens is 1. The van der Waals surface area contributed by atoms with Crippen LogP contribution in [0.4, 0.5) is 0 Å². The van der Waals surface area contributed by atoms with Crippen molar-refractivity contribution in [2.24, 2.45) is 10.4 Å². The van der Waals surface area contributed by atoms with Gasteiger partial charge in [-0.2, -0.15) is 0 Å². The smallest absolute Gasteiger partial charge is 0.191 e. The zero-order valence-corrected chi connectivity index (χ0v) is 19.1. The molecule has 2 aliphatic rings. The lowest BCUT2D eigenvalue weighted by Gasteiger charge is -2.36. The molecule has 1 aromatic rings. The Balaban J connectivity index is 0.00000280. The Bertz CT molecular complexity index is 615. The Labute approximate surface area is 185 Å². The molecule has 1 fully saturated rings. The van der Waals surface area contributed by atoms with Gasteiger partial charge in [-0.25, -0.2) is 0 Å². The first-order valence-corrected chi connectivity index (χ1v) is 10.3. The minimum absolute atomic E-state index is 0. The Morgan fingerprint density at radius 3 is 2.64 bits per heavy atom. The van der Waals surface area contributed by atoms with Crippen molar-refractivity contribution in [1.82, 2.24) is 10.6 Å². The number of nitrogens with zero attached hydrogens (tertiary/aromatic N) is 1. The van der Waals surface area contributed by atoms with Crippen LogP contribution >= 0.6 is 24.0 Å². The summed E-state index contributed by atoms with van der Waals surface area (Å²) in [5, 5.41) is 16.2. The number of ether oxygens (including phenoxy) is 2. The van der Waals surface area contributed by atoms with Crippen LogP contribution in [0.5, 0.6) is 11.5 Å². The molecule has 1 saturated carbocycles. The molecule has 1 atom stereocenters. The molecule has 1 aromatic carbocycles. The number of aliphatic hydroxyl groups is 1. The quantitative estimate of drug-likeness (QED) is 0.303. The lowest BCUT2D eigenvalue weighted by Crippen LogP contribution is -2.46. The molecule has 28 heavy (non-hydrogen) atoms. The summed E-state index contributed by atoms with van der Waals surface area (Å²) < 4.78 is 11.8. The van der Waals surface area contributed by atoms with Gasteiger partial charge in [0.15, 0.2) is 17.5 Å². The summed E-state index contributed by atoms with van der Waals surface area (Å²) in [6.45, 7) is 5.03. The van der Waals surface area contributed by atoms with Crippen molar-refractivity contribution < 1.29 is 14.6 Å². The van der Waals surface area contributed by atoms with Crippen LogP contribution in [0.1, 0.15) is 45.4 Å². The molecule has 0 bridgehead atoms. The Morgan fingerprint density at radius 2 is 1.93 bits per heavy atom. The number of nitrogens with one attached hydrogen (secondary N) is 2. The topological polar surface area (TPSA) is 75.1 Å². The van der Waals surface area contributed by atoms with E-state index in [2.05, 4.69) is 17.6 Å². The molecule has 7 heteroatoms. The van der Waals surface area contributed by atoms with Gasteiger partial charge in [0.25, 0.3) is 0 Å². The van der Waals surface area contributed by atoms with Gasteiger partial charge in [-0.1, -0.05) is 31.4 Å². The lowest BCUT2D eigenvalue weighted by molar-refractivity contribution is 0.0935. The van der Waals surface area contributed by atoms with Crippen molar-refractivity contribution >= 4 is 29.9 Å². The number of guanidine groups is 1. The van der Waals surface area contributed by atoms with E-state index < -0.39 is 0 Å². The lowest BCUT2D eigenvalue weighted by atomic mass is 9.72. The van der Waals surface area contributed by atoms with Crippen molar-refractivity contribution in [1.29, 1.82) is 0 Å². The average molecular weight is 503 g/mol. The molecule has 0 aromatic heterocycles. The van der Waals surface area contributed by atoms with E-state index in [1.54, 1.807) is 0 Å². The highest BCUT2D eigenvalue weighted by Crippen LogP contribution is 2.39. The normalized spacial score (nSPS) is 20.8. The molecule has 158 valence electrons. The summed E-state index contributed by atoms with van der Waals surface area (Å²) in [5.41, 5.74) is 0.152. The Kier molecular flexibility index (Phi) is 9.64. The standard InChI is InChI=1S/C21H33N3O3.HI/c1-2-22-20(24-16-21(12-13-25)10-6-3-7-11-21)23-14-17-15-26-18-8-4-5-9-19(18)27-17;/h4-5,8-9,17,25H,2-3,6-7,10-16H2,1H3,(H2,22,23,24);1H. The van der Waals surface area contributed by atoms with Crippen LogP contribution < -0.4 is 20.1 Å². The summed E-state index contributed by atoms with van der Waals surface area (Å²) in [6.07, 6.45) is 6.89. The van der Waals surface area contributed by atoms with Crippen LogP contribution in [0.3, 0.4) is 0 Å². The summed E-state index contributed by atoms with van der Waals surface area (Å²) in [6, 6.07) is 7.76. The first-order valence-electron chi connectivity index (χ1n) is 10.3. The van der Waals surface area contributed by atoms with Crippen molar-refractivity contribution in [3.05, 3.63) is 24.3 Å². The molecule has 0 amide bonds. The fourth-order valence-corrected chi connectivity index (χ4v) is 3.99. The predicted molar refractivity (Wildman–Crippen MR) is 123 cm³/mol. The van der Waals surface area contributed by atoms with Gasteiger partial charge in [-0.05, 0) is 43.7 Å². The molecule has 3 rings (SSSR count). The second-order valence-corrected chi connectivity index (χ2v) is 7.61. The van der Waals surface area contributed by atoms with E-state index in [0.717, 1.165) is 49.8 Å². The number of rotatable bonds is 7. The monoisotopic (exact) mass is 503 g/mol. The minimum atomic E-state index is -0.0511. The molecule has 0 radical (unpaired) electrons. The van der Waals surface area contributed by atoms with E-state index in [1.807, 2.05) is 24.3 Å². The SMILES string of the molecule is CCNC(=NCC1(CCO)CCCCC1)NCC1COc2ccccc2O1.I. The van der Waals surface area contributed by atoms with E-state index in [1.165, 1.54) is 19.3 Å². The summed E-state index contributed by atoms with van der Waals surface area (Å²) in [7, 11) is 0. The highest BCUT2D eigenvalue weighted by Gasteiger charge is 2.31. The van der Waals surface area contributed by atoms with Crippen molar-refractivity contribution in [3.63, 3.8) is 0 Å². The fourth-order valence-electron chi connectivity index (χ4n) is 3.99. The average Bonchev–Trinajstić information content (AvgIpc) is 2.71. The molecule has 0 spiro atoms. The maximum atomic E-state index is 9.50. The highest BCUT2D eigenvalue weighted by atomic mass is 127. The number of para-hydroxylation sites is 2. The van der Waals surface area contributed by atoms with Crippen LogP contribution in [-0.2, 0) is 0 Å². The van der Waals surface area contributed by atoms with Crippen LogP contribution in [0.2, 0.25) is 0 Å². The number of benzene rings is 1. The zero-order chi connectivity index (χ0) is 19.0. The van der Waals surface area contributed by atoms with Crippen LogP contribution in [-0.4, -0.2) is 50.0 Å². The third kappa shape index (κ3) is 6.40. The molecular formula is C21H34IN3O3. The second-order valence-electron chi connectivity index (χ2n) is 7.61. The van der Waals surface area contributed by atoms with Gasteiger partial charge in [-0.15, -0.1) is 24.0 Å². The predicted octanol–water partition coefficient (Wildman–Crippen LogP) is 3.33. The van der Waals surface area contributed by atoms with Crippen LogP contribution in [0.25, 0.3) is 0 Å². The van der Waals surface area contributed by atoms with Gasteiger partial charge in [0.05, 0.1) is 6.54 Å². The molecule has 3 N–H and O–H groups in total. The highest BCUT2D eigenvalue weighted by molar-refractivity contribution is 14.0. The molecular weight excluding hydrogens is 469 g/mol. The van der Waals surface area contributed by atoms with Crippen molar-refractivity contribution in [2.45, 2.75) is 51.6 Å². The third-order valence-corrected chi connectivity index (χ3v) is 5.54. The van der Waals surface area contributed by atoms with Gasteiger partial charge in [0, 0.05) is 19.7 Å². The summed E-state index contributed by atoms with van der Waals surface area (Å²) in [4.78, 5) is 4.84. The number of aliphatic imine (C=N–C) groups is 1. The molecule has 1 unspecified atom stereocenters. The zero-order valence-electron chi connectivity index (χ0n) is 16.8. The van der Waals surface area contributed by atoms with Crippen LogP contribution in [0.15, 0.2) is 29.3 Å². The van der Waals surface area contributed by atoms with Crippen molar-refractivity contribution in [3.8, 4) is 11.5 Å². The maximum absolute atomic E-state index is 9.50. The number of hydrogen-bond donors (Lipinski definition) is 3. The van der Waals surface area contributed by atoms with Crippen LogP contribution in [0, 0.1) is 5.41 Å². The number of hydrogen-bond acceptors (Lipinski definition) is 4. The number of fused-ring (bicyclic) bond motifs is 1. The van der Waals surface area contributed by atoms with Crippen molar-refractivity contribution in [2.75, 3.05) is 32.8 Å². The van der Waals surface area contributed by atoms with E-state index in [4.69, 9.17) is 14.5 Å². The van der Waals surface area contributed by atoms with Gasteiger partial charge in [0.2, 0.25) is 0 Å². The number of aliphatic hydroxyl groups excluding tert-OH is 1. The van der Waals surface area contributed by atoms with E-state index in [9.17, 15) is 5.11 Å². The maximum Gasteiger partial charge on any atom is 0.191 e. The van der Waals surface area contributed by atoms with Gasteiger partial charge in [0.1, 0.15) is 12.7 Å². The fraction of sp³-hybridized carbons (Fsp3) is 0.667. The largest absolute Gasteiger partial charge is 0.486 e. The molecule has 6 nitrogen and oxygen atoms in total. The van der Waals surface area contributed by atoms with Gasteiger partial charge in [-0.3, -0.25) is 4.99 Å².